The average molecular weight is 374 g/mol. The van der Waals surface area contributed by atoms with Crippen molar-refractivity contribution in [1.82, 2.24) is 5.32 Å². The van der Waals surface area contributed by atoms with Crippen LogP contribution in [0.5, 0.6) is 5.75 Å². The molecule has 0 aromatic heterocycles. The molecule has 0 saturated heterocycles. The Hall–Kier alpha value is -1.44. The van der Waals surface area contributed by atoms with Crippen LogP contribution in [0.25, 0.3) is 0 Å². The molecular weight excluding hydrogens is 350 g/mol. The fourth-order valence-corrected chi connectivity index (χ4v) is 2.84. The van der Waals surface area contributed by atoms with Crippen molar-refractivity contribution in [3.8, 4) is 5.75 Å². The minimum Gasteiger partial charge on any atom is -0.482 e. The van der Waals surface area contributed by atoms with Gasteiger partial charge in [-0.25, -0.2) is 0 Å². The number of nitrogens with one attached hydrogen (secondary N) is 1. The summed E-state index contributed by atoms with van der Waals surface area (Å²) in [6, 6.07) is 7.00. The number of benzene rings is 1. The summed E-state index contributed by atoms with van der Waals surface area (Å²) in [5.74, 6) is 1.39. The Morgan fingerprint density at radius 3 is 2.96 bits per heavy atom. The highest BCUT2D eigenvalue weighted by Gasteiger charge is 2.24. The van der Waals surface area contributed by atoms with Crippen molar-refractivity contribution < 1.29 is 14.3 Å². The number of hydrogen-bond donors (Lipinski definition) is 2. The van der Waals surface area contributed by atoms with E-state index in [-0.39, 0.29) is 30.8 Å². The lowest BCUT2D eigenvalue weighted by Gasteiger charge is -2.29. The lowest BCUT2D eigenvalue weighted by molar-refractivity contribution is -0.122. The second-order valence-corrected chi connectivity index (χ2v) is 6.32. The van der Waals surface area contributed by atoms with Crippen LogP contribution in [-0.2, 0) is 9.59 Å². The minimum absolute atomic E-state index is 0. The number of carbonyl (C=O) groups is 2. The van der Waals surface area contributed by atoms with Gasteiger partial charge in [-0.1, -0.05) is 12.1 Å². The molecule has 0 radical (unpaired) electrons. The van der Waals surface area contributed by atoms with Gasteiger partial charge in [-0.15, -0.1) is 12.4 Å². The summed E-state index contributed by atoms with van der Waals surface area (Å²) in [6.07, 6.45) is 3.32. The van der Waals surface area contributed by atoms with E-state index in [9.17, 15) is 9.59 Å². The Bertz CT molecular complexity index is 559. The zero-order valence-electron chi connectivity index (χ0n) is 13.7. The zero-order chi connectivity index (χ0) is 16.7. The van der Waals surface area contributed by atoms with Crippen LogP contribution in [0.3, 0.4) is 0 Å². The predicted molar refractivity (Wildman–Crippen MR) is 100 cm³/mol. The summed E-state index contributed by atoms with van der Waals surface area (Å²) in [5.41, 5.74) is 6.59. The van der Waals surface area contributed by atoms with Gasteiger partial charge in [-0.05, 0) is 37.0 Å². The quantitative estimate of drug-likeness (QED) is 0.673. The van der Waals surface area contributed by atoms with Crippen LogP contribution in [0.15, 0.2) is 24.3 Å². The van der Waals surface area contributed by atoms with Gasteiger partial charge < -0.3 is 20.7 Å². The number of hydrogen-bond acceptors (Lipinski definition) is 5. The molecule has 0 aliphatic carbocycles. The van der Waals surface area contributed by atoms with Crippen molar-refractivity contribution in [2.75, 3.05) is 36.6 Å². The number of carbonyl (C=O) groups excluding carboxylic acids is 2. The highest BCUT2D eigenvalue weighted by Crippen LogP contribution is 2.31. The van der Waals surface area contributed by atoms with Gasteiger partial charge >= 0.3 is 0 Å². The Kier molecular flexibility index (Phi) is 8.95. The third kappa shape index (κ3) is 5.58. The average Bonchev–Trinajstić information content (AvgIpc) is 2.57. The van der Waals surface area contributed by atoms with Crippen molar-refractivity contribution in [2.45, 2.75) is 18.9 Å². The molecule has 134 valence electrons. The van der Waals surface area contributed by atoms with Gasteiger partial charge in [0.25, 0.3) is 5.91 Å². The lowest BCUT2D eigenvalue weighted by Crippen LogP contribution is -2.43. The molecule has 3 N–H and O–H groups in total. The zero-order valence-corrected chi connectivity index (χ0v) is 15.3. The maximum absolute atomic E-state index is 12.0. The number of rotatable bonds is 8. The van der Waals surface area contributed by atoms with Crippen LogP contribution in [0.1, 0.15) is 12.8 Å². The Balaban J connectivity index is 0.00000288. The summed E-state index contributed by atoms with van der Waals surface area (Å²) in [7, 11) is 0. The van der Waals surface area contributed by atoms with Crippen LogP contribution < -0.4 is 20.7 Å². The van der Waals surface area contributed by atoms with E-state index in [0.29, 0.717) is 25.9 Å². The highest BCUT2D eigenvalue weighted by atomic mass is 35.5. The number of fused-ring (bicyclic) bond motifs is 1. The van der Waals surface area contributed by atoms with Crippen LogP contribution in [0.4, 0.5) is 5.69 Å². The lowest BCUT2D eigenvalue weighted by atomic mass is 10.2. The van der Waals surface area contributed by atoms with Gasteiger partial charge in [0.1, 0.15) is 5.75 Å². The molecule has 6 nitrogen and oxygen atoms in total. The van der Waals surface area contributed by atoms with E-state index in [0.717, 1.165) is 17.2 Å². The Morgan fingerprint density at radius 2 is 2.21 bits per heavy atom. The van der Waals surface area contributed by atoms with Crippen LogP contribution >= 0.6 is 24.2 Å². The summed E-state index contributed by atoms with van der Waals surface area (Å²) >= 11 is 1.67. The highest BCUT2D eigenvalue weighted by molar-refractivity contribution is 7.98. The molecule has 1 atom stereocenters. The van der Waals surface area contributed by atoms with E-state index >= 15 is 0 Å². The molecule has 2 amide bonds. The molecule has 1 aromatic rings. The van der Waals surface area contributed by atoms with Gasteiger partial charge in [0, 0.05) is 13.1 Å². The number of halogens is 1. The maximum atomic E-state index is 12.0. The molecule has 24 heavy (non-hydrogen) atoms. The normalized spacial score (nSPS) is 14.2. The molecule has 0 saturated carbocycles. The van der Waals surface area contributed by atoms with Crippen LogP contribution in [-0.4, -0.2) is 49.6 Å². The molecular formula is C16H24ClN3O3S. The SMILES string of the molecule is CSCC[C@H](N)C(=O)NCCCN1C(=O)COc2ccccc21.Cl. The number of para-hydroxylation sites is 2. The van der Waals surface area contributed by atoms with Crippen molar-refractivity contribution in [2.24, 2.45) is 5.73 Å². The van der Waals surface area contributed by atoms with Gasteiger partial charge in [0.2, 0.25) is 5.91 Å². The van der Waals surface area contributed by atoms with Crippen molar-refractivity contribution in [3.63, 3.8) is 0 Å². The third-order valence-corrected chi connectivity index (χ3v) is 4.28. The fourth-order valence-electron chi connectivity index (χ4n) is 2.35. The van der Waals surface area contributed by atoms with Gasteiger partial charge in [-0.2, -0.15) is 11.8 Å². The minimum atomic E-state index is -0.465. The molecule has 1 aliphatic heterocycles. The van der Waals surface area contributed by atoms with Gasteiger partial charge in [-0.3, -0.25) is 9.59 Å². The number of nitrogens with two attached hydrogens (primary N) is 1. The van der Waals surface area contributed by atoms with Crippen LogP contribution in [0.2, 0.25) is 0 Å². The molecule has 0 spiro atoms. The van der Waals surface area contributed by atoms with E-state index in [4.69, 9.17) is 10.5 Å². The maximum Gasteiger partial charge on any atom is 0.265 e. The monoisotopic (exact) mass is 373 g/mol. The van der Waals surface area contributed by atoms with Crippen molar-refractivity contribution >= 4 is 41.7 Å². The van der Waals surface area contributed by atoms with Crippen molar-refractivity contribution in [1.29, 1.82) is 0 Å². The van der Waals surface area contributed by atoms with E-state index < -0.39 is 6.04 Å². The number of ether oxygens (including phenoxy) is 1. The summed E-state index contributed by atoms with van der Waals surface area (Å²) in [5, 5.41) is 2.83. The molecule has 2 rings (SSSR count). The predicted octanol–water partition coefficient (Wildman–Crippen LogP) is 1.42. The third-order valence-electron chi connectivity index (χ3n) is 3.64. The van der Waals surface area contributed by atoms with E-state index in [1.165, 1.54) is 0 Å². The summed E-state index contributed by atoms with van der Waals surface area (Å²) in [4.78, 5) is 25.5. The standard InChI is InChI=1S/C16H23N3O3S.ClH/c1-23-10-7-12(17)16(21)18-8-4-9-19-13-5-2-3-6-14(13)22-11-15(19)20;/h2-3,5-6,12H,4,7-11,17H2,1H3,(H,18,21);1H/t12-;/m0./s1. The molecule has 8 heteroatoms. The fraction of sp³-hybridized carbons (Fsp3) is 0.500. The first-order valence-corrected chi connectivity index (χ1v) is 9.07. The number of amides is 2. The largest absolute Gasteiger partial charge is 0.482 e. The second kappa shape index (κ2) is 10.4. The van der Waals surface area contributed by atoms with Crippen molar-refractivity contribution in [3.05, 3.63) is 24.3 Å². The second-order valence-electron chi connectivity index (χ2n) is 5.33. The summed E-state index contributed by atoms with van der Waals surface area (Å²) in [6.45, 7) is 1.10. The Labute approximate surface area is 152 Å². The van der Waals surface area contributed by atoms with Crippen LogP contribution in [0, 0.1) is 0 Å². The molecule has 1 heterocycles. The summed E-state index contributed by atoms with van der Waals surface area (Å²) < 4.78 is 5.40. The first kappa shape index (κ1) is 20.6. The molecule has 0 fully saturated rings. The molecule has 1 aromatic carbocycles. The first-order chi connectivity index (χ1) is 11.1. The molecule has 0 bridgehead atoms. The number of nitrogens with zero attached hydrogens (tertiary/aromatic N) is 1. The van der Waals surface area contributed by atoms with E-state index in [2.05, 4.69) is 5.32 Å². The molecule has 1 aliphatic rings. The molecule has 0 unspecified atom stereocenters. The van der Waals surface area contributed by atoms with Gasteiger partial charge in [0.15, 0.2) is 6.61 Å². The first-order valence-electron chi connectivity index (χ1n) is 7.68. The number of anilines is 1. The van der Waals surface area contributed by atoms with E-state index in [1.807, 2.05) is 30.5 Å². The Morgan fingerprint density at radius 1 is 1.46 bits per heavy atom. The number of thioether (sulfide) groups is 1. The smallest absolute Gasteiger partial charge is 0.265 e. The van der Waals surface area contributed by atoms with Gasteiger partial charge in [0.05, 0.1) is 11.7 Å². The van der Waals surface area contributed by atoms with E-state index in [1.54, 1.807) is 16.7 Å². The topological polar surface area (TPSA) is 84.7 Å².